The zero-order valence-electron chi connectivity index (χ0n) is 21.0. The van der Waals surface area contributed by atoms with Gasteiger partial charge < -0.3 is 25.8 Å². The van der Waals surface area contributed by atoms with Gasteiger partial charge in [0.25, 0.3) is 5.91 Å². The van der Waals surface area contributed by atoms with Gasteiger partial charge in [-0.25, -0.2) is 9.37 Å². The molecule has 0 bridgehead atoms. The van der Waals surface area contributed by atoms with Crippen LogP contribution in [0, 0.1) is 11.2 Å². The number of amides is 1. The second-order valence-electron chi connectivity index (χ2n) is 9.99. The van der Waals surface area contributed by atoms with Gasteiger partial charge in [-0.2, -0.15) is 10.1 Å². The predicted octanol–water partition coefficient (Wildman–Crippen LogP) is 3.47. The van der Waals surface area contributed by atoms with E-state index in [0.717, 1.165) is 12.1 Å². The molecular weight excluding hydrogens is 477 g/mol. The summed E-state index contributed by atoms with van der Waals surface area (Å²) in [5.74, 6) is -0.955. The third kappa shape index (κ3) is 5.32. The van der Waals surface area contributed by atoms with Crippen molar-refractivity contribution in [3.63, 3.8) is 0 Å². The lowest BCUT2D eigenvalue weighted by atomic mass is 9.91. The molecule has 0 aliphatic carbocycles. The highest BCUT2D eigenvalue weighted by molar-refractivity contribution is 6.14. The van der Waals surface area contributed by atoms with Gasteiger partial charge in [-0.05, 0) is 37.6 Å². The molecule has 1 amide bonds. The van der Waals surface area contributed by atoms with Crippen LogP contribution in [-0.4, -0.2) is 58.1 Å². The molecule has 5 rings (SSSR count). The first-order valence-electron chi connectivity index (χ1n) is 12.1. The van der Waals surface area contributed by atoms with Gasteiger partial charge >= 0.3 is 6.01 Å². The molecule has 0 saturated carbocycles. The molecule has 2 atom stereocenters. The number of carbonyl (C=O) groups is 1. The highest BCUT2D eigenvalue weighted by Crippen LogP contribution is 2.30. The SMILES string of the molecule is C[C@@H](N)CNc1ccc(C(=O)Nc2cc(F)c3nn(C)cc3c2)c2nc(OCC3(C)CCOC3)ncc12. The molecule has 3 heterocycles. The van der Waals surface area contributed by atoms with E-state index >= 15 is 0 Å². The topological polar surface area (TPSA) is 129 Å². The van der Waals surface area contributed by atoms with Gasteiger partial charge in [0.15, 0.2) is 5.82 Å². The van der Waals surface area contributed by atoms with E-state index in [2.05, 4.69) is 32.6 Å². The fourth-order valence-electron chi connectivity index (χ4n) is 4.33. The Morgan fingerprint density at radius 3 is 2.95 bits per heavy atom. The summed E-state index contributed by atoms with van der Waals surface area (Å²) in [5.41, 5.74) is 7.81. The fourth-order valence-corrected chi connectivity index (χ4v) is 4.33. The third-order valence-electron chi connectivity index (χ3n) is 6.37. The summed E-state index contributed by atoms with van der Waals surface area (Å²) in [4.78, 5) is 22.4. The molecule has 1 unspecified atom stereocenters. The van der Waals surface area contributed by atoms with E-state index in [0.29, 0.717) is 53.9 Å². The fraction of sp³-hybridized carbons (Fsp3) is 0.385. The van der Waals surface area contributed by atoms with Gasteiger partial charge in [0.05, 0.1) is 24.3 Å². The monoisotopic (exact) mass is 507 g/mol. The minimum atomic E-state index is -0.517. The van der Waals surface area contributed by atoms with E-state index in [9.17, 15) is 9.18 Å². The number of hydrogen-bond donors (Lipinski definition) is 3. The smallest absolute Gasteiger partial charge is 0.316 e. The molecule has 4 aromatic rings. The summed E-state index contributed by atoms with van der Waals surface area (Å²) in [6.45, 7) is 6.22. The summed E-state index contributed by atoms with van der Waals surface area (Å²) in [6, 6.07) is 6.48. The quantitative estimate of drug-likeness (QED) is 0.331. The standard InChI is InChI=1S/C26H30FN7O3/c1-15(28)10-29-21-5-4-18(24(35)31-17-8-16-12-34(3)33-22(16)20(27)9-17)23-19(21)11-30-25(32-23)37-14-26(2)6-7-36-13-26/h4-5,8-9,11-12,15,29H,6-7,10,13-14,28H2,1-3H3,(H,31,35)/t15-,26?/m1/s1. The van der Waals surface area contributed by atoms with Gasteiger partial charge in [0.2, 0.25) is 0 Å². The van der Waals surface area contributed by atoms with Crippen molar-refractivity contribution in [2.75, 3.05) is 37.0 Å². The second-order valence-corrected chi connectivity index (χ2v) is 9.99. The molecular formula is C26H30FN7O3. The molecule has 2 aromatic heterocycles. The van der Waals surface area contributed by atoms with Crippen LogP contribution in [0.1, 0.15) is 30.6 Å². The van der Waals surface area contributed by atoms with Gasteiger partial charge in [-0.15, -0.1) is 0 Å². The van der Waals surface area contributed by atoms with Crippen LogP contribution in [0.3, 0.4) is 0 Å². The molecule has 10 nitrogen and oxygen atoms in total. The molecule has 0 spiro atoms. The molecule has 1 aliphatic heterocycles. The number of nitrogens with two attached hydrogens (primary N) is 1. The maximum atomic E-state index is 14.6. The van der Waals surface area contributed by atoms with Crippen molar-refractivity contribution in [2.24, 2.45) is 18.2 Å². The van der Waals surface area contributed by atoms with Crippen LogP contribution < -0.4 is 21.1 Å². The van der Waals surface area contributed by atoms with Gasteiger partial charge in [0.1, 0.15) is 5.52 Å². The number of fused-ring (bicyclic) bond motifs is 2. The molecule has 11 heteroatoms. The normalized spacial score (nSPS) is 18.3. The predicted molar refractivity (Wildman–Crippen MR) is 139 cm³/mol. The van der Waals surface area contributed by atoms with Crippen molar-refractivity contribution in [3.05, 3.63) is 48.0 Å². The number of nitrogens with one attached hydrogen (secondary N) is 2. The van der Waals surface area contributed by atoms with Gasteiger partial charge in [0, 0.05) is 66.2 Å². The number of hydrogen-bond acceptors (Lipinski definition) is 8. The number of rotatable bonds is 8. The number of ether oxygens (including phenoxy) is 2. The average Bonchev–Trinajstić information content (AvgIpc) is 3.46. The summed E-state index contributed by atoms with van der Waals surface area (Å²) in [6.07, 6.45) is 4.21. The highest BCUT2D eigenvalue weighted by atomic mass is 19.1. The summed E-state index contributed by atoms with van der Waals surface area (Å²) in [5, 5.41) is 11.4. The second kappa shape index (κ2) is 9.91. The first-order chi connectivity index (χ1) is 17.7. The van der Waals surface area contributed by atoms with Crippen molar-refractivity contribution in [1.29, 1.82) is 0 Å². The van der Waals surface area contributed by atoms with Crippen LogP contribution in [0.2, 0.25) is 0 Å². The summed E-state index contributed by atoms with van der Waals surface area (Å²) in [7, 11) is 1.71. The molecule has 37 heavy (non-hydrogen) atoms. The minimum absolute atomic E-state index is 0.0757. The van der Waals surface area contributed by atoms with E-state index in [-0.39, 0.29) is 23.0 Å². The number of aromatic nitrogens is 4. The molecule has 4 N–H and O–H groups in total. The zero-order valence-corrected chi connectivity index (χ0v) is 21.0. The average molecular weight is 508 g/mol. The zero-order chi connectivity index (χ0) is 26.2. The van der Waals surface area contributed by atoms with E-state index in [4.69, 9.17) is 15.2 Å². The number of benzene rings is 2. The maximum Gasteiger partial charge on any atom is 0.316 e. The number of halogens is 1. The molecule has 1 fully saturated rings. The molecule has 2 aromatic carbocycles. The number of anilines is 2. The number of nitrogens with zero attached hydrogens (tertiary/aromatic N) is 4. The van der Waals surface area contributed by atoms with E-state index < -0.39 is 11.7 Å². The van der Waals surface area contributed by atoms with Crippen LogP contribution in [0.25, 0.3) is 21.8 Å². The summed E-state index contributed by atoms with van der Waals surface area (Å²) >= 11 is 0. The van der Waals surface area contributed by atoms with Crippen LogP contribution in [-0.2, 0) is 11.8 Å². The highest BCUT2D eigenvalue weighted by Gasteiger charge is 2.31. The lowest BCUT2D eigenvalue weighted by Gasteiger charge is -2.21. The number of carbonyl (C=O) groups excluding carboxylic acids is 1. The summed E-state index contributed by atoms with van der Waals surface area (Å²) < 4.78 is 27.5. The van der Waals surface area contributed by atoms with Crippen molar-refractivity contribution in [3.8, 4) is 6.01 Å². The first-order valence-corrected chi connectivity index (χ1v) is 12.1. The van der Waals surface area contributed by atoms with Crippen molar-refractivity contribution >= 4 is 39.1 Å². The van der Waals surface area contributed by atoms with Gasteiger partial charge in [-0.3, -0.25) is 9.48 Å². The third-order valence-corrected chi connectivity index (χ3v) is 6.37. The Hall–Kier alpha value is -3.83. The van der Waals surface area contributed by atoms with E-state index in [1.807, 2.05) is 6.92 Å². The Kier molecular flexibility index (Phi) is 6.65. The molecule has 1 aliphatic rings. The van der Waals surface area contributed by atoms with Gasteiger partial charge in [-0.1, -0.05) is 6.92 Å². The molecule has 194 valence electrons. The van der Waals surface area contributed by atoms with Crippen LogP contribution in [0.4, 0.5) is 15.8 Å². The maximum absolute atomic E-state index is 14.6. The Morgan fingerprint density at radius 1 is 1.35 bits per heavy atom. The van der Waals surface area contributed by atoms with E-state index in [1.165, 1.54) is 10.7 Å². The Morgan fingerprint density at radius 2 is 2.19 bits per heavy atom. The van der Waals surface area contributed by atoms with Crippen LogP contribution in [0.5, 0.6) is 6.01 Å². The lowest BCUT2D eigenvalue weighted by molar-refractivity contribution is 0.102. The number of aryl methyl sites for hydroxylation is 1. The Bertz CT molecular complexity index is 1460. The Balaban J connectivity index is 1.48. The minimum Gasteiger partial charge on any atom is -0.463 e. The van der Waals surface area contributed by atoms with Crippen LogP contribution >= 0.6 is 0 Å². The molecule has 1 saturated heterocycles. The molecule has 0 radical (unpaired) electrons. The largest absolute Gasteiger partial charge is 0.463 e. The van der Waals surface area contributed by atoms with E-state index in [1.54, 1.807) is 37.6 Å². The Labute approximate surface area is 213 Å². The van der Waals surface area contributed by atoms with Crippen LogP contribution in [0.15, 0.2) is 36.7 Å². The lowest BCUT2D eigenvalue weighted by Crippen LogP contribution is -2.26. The van der Waals surface area contributed by atoms with Crippen molar-refractivity contribution in [1.82, 2.24) is 19.7 Å². The van der Waals surface area contributed by atoms with Crippen molar-refractivity contribution < 1.29 is 18.7 Å². The first kappa shape index (κ1) is 24.8. The van der Waals surface area contributed by atoms with Crippen molar-refractivity contribution in [2.45, 2.75) is 26.3 Å².